The number of carbonyl (C=O) groups excluding carboxylic acids is 2. The van der Waals surface area contributed by atoms with E-state index in [4.69, 9.17) is 4.74 Å². The number of para-hydroxylation sites is 1. The molecule has 0 radical (unpaired) electrons. The molecular weight excluding hydrogens is 371 g/mol. The van der Waals surface area contributed by atoms with E-state index in [0.29, 0.717) is 5.56 Å². The molecule has 1 N–H and O–H groups in total. The van der Waals surface area contributed by atoms with Gasteiger partial charge < -0.3 is 10.1 Å². The Morgan fingerprint density at radius 2 is 1.57 bits per heavy atom. The molecule has 7 heteroatoms. The first-order chi connectivity index (χ1) is 13.3. The van der Waals surface area contributed by atoms with Crippen LogP contribution >= 0.6 is 0 Å². The van der Waals surface area contributed by atoms with Crippen LogP contribution in [0.2, 0.25) is 0 Å². The van der Waals surface area contributed by atoms with Crippen molar-refractivity contribution >= 4 is 28.3 Å². The van der Waals surface area contributed by atoms with Crippen LogP contribution in [0.4, 0.5) is 18.9 Å². The van der Waals surface area contributed by atoms with E-state index >= 15 is 0 Å². The van der Waals surface area contributed by atoms with Gasteiger partial charge in [0.15, 0.2) is 6.61 Å². The number of nitrogens with one attached hydrogen (secondary N) is 1. The minimum atomic E-state index is -4.60. The molecule has 3 aromatic carbocycles. The van der Waals surface area contributed by atoms with Crippen molar-refractivity contribution < 1.29 is 27.5 Å². The van der Waals surface area contributed by atoms with Gasteiger partial charge in [-0.25, -0.2) is 0 Å². The Morgan fingerprint density at radius 3 is 2.32 bits per heavy atom. The zero-order valence-corrected chi connectivity index (χ0v) is 14.6. The molecule has 0 aromatic heterocycles. The lowest BCUT2D eigenvalue weighted by Gasteiger charge is -2.13. The van der Waals surface area contributed by atoms with Crippen molar-refractivity contribution in [1.29, 1.82) is 0 Å². The summed E-state index contributed by atoms with van der Waals surface area (Å²) in [5.41, 5.74) is -0.636. The van der Waals surface area contributed by atoms with Crippen LogP contribution in [0, 0.1) is 0 Å². The van der Waals surface area contributed by atoms with Crippen molar-refractivity contribution in [2.24, 2.45) is 0 Å². The van der Waals surface area contributed by atoms with Gasteiger partial charge in [0.25, 0.3) is 5.91 Å². The minimum absolute atomic E-state index is 0.0444. The van der Waals surface area contributed by atoms with Crippen LogP contribution in [-0.4, -0.2) is 18.5 Å². The van der Waals surface area contributed by atoms with Gasteiger partial charge in [0.1, 0.15) is 0 Å². The van der Waals surface area contributed by atoms with Gasteiger partial charge in [-0.1, -0.05) is 54.6 Å². The van der Waals surface area contributed by atoms with Gasteiger partial charge in [0, 0.05) is 0 Å². The highest BCUT2D eigenvalue weighted by atomic mass is 19.4. The Kier molecular flexibility index (Phi) is 5.63. The maximum atomic E-state index is 12.9. The highest BCUT2D eigenvalue weighted by molar-refractivity contribution is 5.93. The zero-order chi connectivity index (χ0) is 20.1. The molecular formula is C21H16F3NO3. The summed E-state index contributed by atoms with van der Waals surface area (Å²) in [6.45, 7) is -0.668. The van der Waals surface area contributed by atoms with Crippen molar-refractivity contribution in [1.82, 2.24) is 0 Å². The lowest BCUT2D eigenvalue weighted by atomic mass is 10.1. The normalized spacial score (nSPS) is 11.2. The Bertz CT molecular complexity index is 1010. The number of carbonyl (C=O) groups is 2. The highest BCUT2D eigenvalue weighted by Crippen LogP contribution is 2.34. The Labute approximate surface area is 158 Å². The molecule has 3 aromatic rings. The Hall–Kier alpha value is -3.35. The van der Waals surface area contributed by atoms with Crippen LogP contribution in [0.5, 0.6) is 0 Å². The summed E-state index contributed by atoms with van der Waals surface area (Å²) >= 11 is 0. The van der Waals surface area contributed by atoms with Gasteiger partial charge in [0.2, 0.25) is 0 Å². The van der Waals surface area contributed by atoms with E-state index in [1.165, 1.54) is 12.1 Å². The second-order valence-electron chi connectivity index (χ2n) is 6.11. The van der Waals surface area contributed by atoms with Gasteiger partial charge in [-0.3, -0.25) is 9.59 Å². The molecule has 0 unspecified atom stereocenters. The zero-order valence-electron chi connectivity index (χ0n) is 14.6. The third-order valence-electron chi connectivity index (χ3n) is 4.03. The van der Waals surface area contributed by atoms with Crippen LogP contribution in [0.25, 0.3) is 10.8 Å². The molecule has 0 atom stereocenters. The number of esters is 1. The molecule has 3 rings (SSSR count). The molecule has 0 aliphatic rings. The molecule has 0 fully saturated rings. The topological polar surface area (TPSA) is 55.4 Å². The van der Waals surface area contributed by atoms with Crippen molar-refractivity contribution in [3.05, 3.63) is 77.9 Å². The van der Waals surface area contributed by atoms with Gasteiger partial charge >= 0.3 is 12.1 Å². The summed E-state index contributed by atoms with van der Waals surface area (Å²) in [6.07, 6.45) is -4.64. The first-order valence-electron chi connectivity index (χ1n) is 8.42. The molecule has 0 spiro atoms. The van der Waals surface area contributed by atoms with Gasteiger partial charge in [-0.15, -0.1) is 0 Å². The largest absolute Gasteiger partial charge is 0.455 e. The van der Waals surface area contributed by atoms with E-state index in [1.54, 1.807) is 6.07 Å². The van der Waals surface area contributed by atoms with E-state index in [9.17, 15) is 22.8 Å². The smallest absolute Gasteiger partial charge is 0.418 e. The molecule has 1 amide bonds. The number of rotatable bonds is 5. The number of benzene rings is 3. The number of fused-ring (bicyclic) bond motifs is 1. The molecule has 0 saturated carbocycles. The fourth-order valence-electron chi connectivity index (χ4n) is 2.74. The fourth-order valence-corrected chi connectivity index (χ4v) is 2.74. The van der Waals surface area contributed by atoms with Crippen LogP contribution < -0.4 is 5.32 Å². The summed E-state index contributed by atoms with van der Waals surface area (Å²) in [7, 11) is 0. The van der Waals surface area contributed by atoms with Crippen LogP contribution in [0.1, 0.15) is 11.1 Å². The number of alkyl halides is 3. The minimum Gasteiger partial charge on any atom is -0.455 e. The number of ether oxygens (including phenoxy) is 1. The Balaban J connectivity index is 1.56. The summed E-state index contributed by atoms with van der Waals surface area (Å²) in [4.78, 5) is 23.8. The van der Waals surface area contributed by atoms with Crippen molar-refractivity contribution in [2.75, 3.05) is 11.9 Å². The lowest BCUT2D eigenvalue weighted by Crippen LogP contribution is -2.23. The van der Waals surface area contributed by atoms with Crippen LogP contribution in [0.3, 0.4) is 0 Å². The molecule has 0 heterocycles. The first-order valence-corrected chi connectivity index (χ1v) is 8.42. The quantitative estimate of drug-likeness (QED) is 0.652. The number of halogens is 3. The number of hydrogen-bond donors (Lipinski definition) is 1. The van der Waals surface area contributed by atoms with Crippen molar-refractivity contribution in [3.63, 3.8) is 0 Å². The van der Waals surface area contributed by atoms with Crippen LogP contribution in [0.15, 0.2) is 66.7 Å². The molecule has 0 saturated heterocycles. The summed E-state index contributed by atoms with van der Waals surface area (Å²) in [5.74, 6) is -1.49. The third kappa shape index (κ3) is 4.88. The maximum absolute atomic E-state index is 12.9. The van der Waals surface area contributed by atoms with E-state index in [2.05, 4.69) is 5.32 Å². The van der Waals surface area contributed by atoms with E-state index < -0.39 is 30.2 Å². The SMILES string of the molecule is O=C(COC(=O)Cc1ccc2ccccc2c1)Nc1ccccc1C(F)(F)F. The predicted octanol–water partition coefficient (Wildman–Crippen LogP) is 4.58. The molecule has 0 aliphatic heterocycles. The number of anilines is 1. The lowest BCUT2D eigenvalue weighted by molar-refractivity contribution is -0.146. The van der Waals surface area contributed by atoms with E-state index in [1.807, 2.05) is 36.4 Å². The summed E-state index contributed by atoms with van der Waals surface area (Å²) in [6, 6.07) is 17.7. The molecule has 28 heavy (non-hydrogen) atoms. The first kappa shape index (κ1) is 19.4. The van der Waals surface area contributed by atoms with Crippen molar-refractivity contribution in [3.8, 4) is 0 Å². The second-order valence-corrected chi connectivity index (χ2v) is 6.11. The molecule has 0 aliphatic carbocycles. The summed E-state index contributed by atoms with van der Waals surface area (Å²) < 4.78 is 43.7. The molecule has 4 nitrogen and oxygen atoms in total. The second kappa shape index (κ2) is 8.12. The van der Waals surface area contributed by atoms with Crippen molar-refractivity contribution in [2.45, 2.75) is 12.6 Å². The number of amides is 1. The van der Waals surface area contributed by atoms with Gasteiger partial charge in [-0.2, -0.15) is 13.2 Å². The van der Waals surface area contributed by atoms with Crippen LogP contribution in [-0.2, 0) is 26.9 Å². The third-order valence-corrected chi connectivity index (χ3v) is 4.03. The predicted molar refractivity (Wildman–Crippen MR) is 98.7 cm³/mol. The van der Waals surface area contributed by atoms with E-state index in [0.717, 1.165) is 22.9 Å². The summed E-state index contributed by atoms with van der Waals surface area (Å²) in [5, 5.41) is 4.12. The fraction of sp³-hybridized carbons (Fsp3) is 0.143. The molecule has 0 bridgehead atoms. The standard InChI is InChI=1S/C21H16F3NO3/c22-21(23,24)17-7-3-4-8-18(17)25-19(26)13-28-20(27)12-14-9-10-15-5-1-2-6-16(15)11-14/h1-11H,12-13H2,(H,25,26). The average molecular weight is 387 g/mol. The van der Waals surface area contributed by atoms with Gasteiger partial charge in [0.05, 0.1) is 17.7 Å². The average Bonchev–Trinajstić information content (AvgIpc) is 2.66. The van der Waals surface area contributed by atoms with Gasteiger partial charge in [-0.05, 0) is 28.5 Å². The molecule has 144 valence electrons. The number of hydrogen-bond acceptors (Lipinski definition) is 3. The maximum Gasteiger partial charge on any atom is 0.418 e. The Morgan fingerprint density at radius 1 is 0.893 bits per heavy atom. The monoisotopic (exact) mass is 387 g/mol. The highest BCUT2D eigenvalue weighted by Gasteiger charge is 2.33. The van der Waals surface area contributed by atoms with E-state index in [-0.39, 0.29) is 12.1 Å².